The van der Waals surface area contributed by atoms with E-state index in [1.807, 2.05) is 0 Å². The highest BCUT2D eigenvalue weighted by atomic mass is 16.2. The van der Waals surface area contributed by atoms with Crippen LogP contribution in [-0.4, -0.2) is 25.0 Å². The van der Waals surface area contributed by atoms with Gasteiger partial charge >= 0.3 is 0 Å². The SMILES string of the molecule is C=C(C)C(=O)N(C)NC. The highest BCUT2D eigenvalue weighted by Crippen LogP contribution is 1.90. The zero-order chi connectivity index (χ0) is 7.44. The number of nitrogens with one attached hydrogen (secondary N) is 1. The monoisotopic (exact) mass is 128 g/mol. The van der Waals surface area contributed by atoms with Gasteiger partial charge in [-0.05, 0) is 6.92 Å². The van der Waals surface area contributed by atoms with Crippen LogP contribution in [0.2, 0.25) is 0 Å². The molecule has 0 rings (SSSR count). The normalized spacial score (nSPS) is 8.78. The first-order valence-corrected chi connectivity index (χ1v) is 2.70. The van der Waals surface area contributed by atoms with E-state index in [2.05, 4.69) is 12.0 Å². The average Bonchev–Trinajstić information content (AvgIpc) is 1.84. The van der Waals surface area contributed by atoms with Gasteiger partial charge in [0.25, 0.3) is 5.91 Å². The Balaban J connectivity index is 3.88. The Kier molecular flexibility index (Phi) is 2.95. The van der Waals surface area contributed by atoms with E-state index in [1.165, 1.54) is 5.01 Å². The zero-order valence-corrected chi connectivity index (χ0v) is 6.06. The lowest BCUT2D eigenvalue weighted by Gasteiger charge is -2.14. The molecule has 0 atom stereocenters. The van der Waals surface area contributed by atoms with E-state index in [0.29, 0.717) is 5.57 Å². The van der Waals surface area contributed by atoms with Gasteiger partial charge in [0.2, 0.25) is 0 Å². The Morgan fingerprint density at radius 1 is 1.67 bits per heavy atom. The molecule has 0 aromatic carbocycles. The van der Waals surface area contributed by atoms with Crippen LogP contribution in [0.3, 0.4) is 0 Å². The van der Waals surface area contributed by atoms with E-state index >= 15 is 0 Å². The second kappa shape index (κ2) is 3.25. The summed E-state index contributed by atoms with van der Waals surface area (Å²) in [7, 11) is 3.33. The fourth-order valence-corrected chi connectivity index (χ4v) is 0.388. The maximum Gasteiger partial charge on any atom is 0.262 e. The number of likely N-dealkylation sites (N-methyl/N-ethyl adjacent to an activating group) is 1. The van der Waals surface area contributed by atoms with Crippen LogP contribution in [0, 0.1) is 0 Å². The minimum Gasteiger partial charge on any atom is -0.278 e. The van der Waals surface area contributed by atoms with Gasteiger partial charge in [-0.15, -0.1) is 0 Å². The van der Waals surface area contributed by atoms with Crippen LogP contribution in [0.15, 0.2) is 12.2 Å². The van der Waals surface area contributed by atoms with E-state index in [9.17, 15) is 4.79 Å². The van der Waals surface area contributed by atoms with Crippen LogP contribution in [0.25, 0.3) is 0 Å². The van der Waals surface area contributed by atoms with E-state index in [1.54, 1.807) is 21.0 Å². The Morgan fingerprint density at radius 2 is 2.11 bits per heavy atom. The number of hydrogen-bond acceptors (Lipinski definition) is 2. The van der Waals surface area contributed by atoms with Crippen LogP contribution < -0.4 is 5.43 Å². The summed E-state index contributed by atoms with van der Waals surface area (Å²) >= 11 is 0. The molecule has 3 nitrogen and oxygen atoms in total. The second-order valence-electron chi connectivity index (χ2n) is 1.87. The summed E-state index contributed by atoms with van der Waals surface area (Å²) in [6.45, 7) is 5.17. The summed E-state index contributed by atoms with van der Waals surface area (Å²) in [6.07, 6.45) is 0. The fraction of sp³-hybridized carbons (Fsp3) is 0.500. The van der Waals surface area contributed by atoms with Crippen molar-refractivity contribution in [1.29, 1.82) is 0 Å². The topological polar surface area (TPSA) is 32.3 Å². The maximum atomic E-state index is 10.8. The number of amides is 1. The van der Waals surface area contributed by atoms with Gasteiger partial charge < -0.3 is 0 Å². The molecular formula is C6H12N2O. The van der Waals surface area contributed by atoms with Crippen molar-refractivity contribution in [2.45, 2.75) is 6.92 Å². The molecule has 52 valence electrons. The molecule has 0 saturated heterocycles. The van der Waals surface area contributed by atoms with Crippen molar-refractivity contribution in [2.24, 2.45) is 0 Å². The third-order valence-corrected chi connectivity index (χ3v) is 1.01. The van der Waals surface area contributed by atoms with Gasteiger partial charge in [-0.2, -0.15) is 0 Å². The largest absolute Gasteiger partial charge is 0.278 e. The molecular weight excluding hydrogens is 116 g/mol. The van der Waals surface area contributed by atoms with Gasteiger partial charge in [0, 0.05) is 19.7 Å². The van der Waals surface area contributed by atoms with Gasteiger partial charge in [0.05, 0.1) is 0 Å². The predicted molar refractivity (Wildman–Crippen MR) is 36.6 cm³/mol. The number of carbonyl (C=O) groups excluding carboxylic acids is 1. The predicted octanol–water partition coefficient (Wildman–Crippen LogP) is 0.155. The molecule has 0 saturated carbocycles. The molecule has 0 aromatic heterocycles. The minimum absolute atomic E-state index is 0.0856. The van der Waals surface area contributed by atoms with E-state index in [0.717, 1.165) is 0 Å². The number of hydrazine groups is 1. The summed E-state index contributed by atoms with van der Waals surface area (Å²) < 4.78 is 0. The first kappa shape index (κ1) is 8.17. The van der Waals surface area contributed by atoms with Gasteiger partial charge in [0.1, 0.15) is 0 Å². The molecule has 1 N–H and O–H groups in total. The van der Waals surface area contributed by atoms with Crippen LogP contribution in [0.1, 0.15) is 6.92 Å². The lowest BCUT2D eigenvalue weighted by molar-refractivity contribution is -0.128. The summed E-state index contributed by atoms with van der Waals surface area (Å²) in [5.74, 6) is -0.0856. The quantitative estimate of drug-likeness (QED) is 0.424. The third-order valence-electron chi connectivity index (χ3n) is 1.01. The van der Waals surface area contributed by atoms with Crippen molar-refractivity contribution in [3.05, 3.63) is 12.2 Å². The van der Waals surface area contributed by atoms with Gasteiger partial charge in [0.15, 0.2) is 0 Å². The molecule has 0 aliphatic heterocycles. The second-order valence-corrected chi connectivity index (χ2v) is 1.87. The third kappa shape index (κ3) is 2.28. The standard InChI is InChI=1S/C6H12N2O/c1-5(2)6(9)8(4)7-3/h7H,1H2,2-4H3. The Bertz CT molecular complexity index is 131. The Labute approximate surface area is 55.3 Å². The lowest BCUT2D eigenvalue weighted by Crippen LogP contribution is -2.36. The Hall–Kier alpha value is -0.830. The molecule has 0 spiro atoms. The highest BCUT2D eigenvalue weighted by Gasteiger charge is 2.04. The molecule has 9 heavy (non-hydrogen) atoms. The average molecular weight is 128 g/mol. The van der Waals surface area contributed by atoms with E-state index < -0.39 is 0 Å². The van der Waals surface area contributed by atoms with Gasteiger partial charge in [-0.25, -0.2) is 5.43 Å². The molecule has 0 heterocycles. The number of hydrogen-bond donors (Lipinski definition) is 1. The zero-order valence-electron chi connectivity index (χ0n) is 6.06. The van der Waals surface area contributed by atoms with Gasteiger partial charge in [-0.1, -0.05) is 6.58 Å². The van der Waals surface area contributed by atoms with Crippen molar-refractivity contribution in [3.8, 4) is 0 Å². The molecule has 0 aromatic rings. The highest BCUT2D eigenvalue weighted by molar-refractivity contribution is 5.91. The molecule has 0 bridgehead atoms. The summed E-state index contributed by atoms with van der Waals surface area (Å²) in [6, 6.07) is 0. The molecule has 0 aliphatic carbocycles. The summed E-state index contributed by atoms with van der Waals surface area (Å²) in [5, 5.41) is 1.38. The van der Waals surface area contributed by atoms with Crippen molar-refractivity contribution < 1.29 is 4.79 Å². The van der Waals surface area contributed by atoms with Crippen LogP contribution in [0.5, 0.6) is 0 Å². The van der Waals surface area contributed by atoms with E-state index in [-0.39, 0.29) is 5.91 Å². The molecule has 0 radical (unpaired) electrons. The minimum atomic E-state index is -0.0856. The maximum absolute atomic E-state index is 10.8. The van der Waals surface area contributed by atoms with Crippen molar-refractivity contribution in [2.75, 3.05) is 14.1 Å². The summed E-state index contributed by atoms with van der Waals surface area (Å²) in [4.78, 5) is 10.8. The number of nitrogens with zero attached hydrogens (tertiary/aromatic N) is 1. The lowest BCUT2D eigenvalue weighted by atomic mass is 10.3. The molecule has 3 heteroatoms. The van der Waals surface area contributed by atoms with Crippen LogP contribution in [0.4, 0.5) is 0 Å². The van der Waals surface area contributed by atoms with Crippen molar-refractivity contribution in [3.63, 3.8) is 0 Å². The molecule has 1 amide bonds. The van der Waals surface area contributed by atoms with E-state index in [4.69, 9.17) is 0 Å². The number of carbonyl (C=O) groups is 1. The molecule has 0 aliphatic rings. The van der Waals surface area contributed by atoms with Crippen LogP contribution >= 0.6 is 0 Å². The van der Waals surface area contributed by atoms with Crippen molar-refractivity contribution >= 4 is 5.91 Å². The molecule has 0 fully saturated rings. The van der Waals surface area contributed by atoms with Crippen LogP contribution in [-0.2, 0) is 4.79 Å². The Morgan fingerprint density at radius 3 is 2.22 bits per heavy atom. The summed E-state index contributed by atoms with van der Waals surface area (Å²) in [5.41, 5.74) is 3.20. The van der Waals surface area contributed by atoms with Gasteiger partial charge in [-0.3, -0.25) is 9.80 Å². The first-order chi connectivity index (χ1) is 4.09. The molecule has 0 unspecified atom stereocenters. The first-order valence-electron chi connectivity index (χ1n) is 2.70. The smallest absolute Gasteiger partial charge is 0.262 e. The fourth-order valence-electron chi connectivity index (χ4n) is 0.388. The number of rotatable bonds is 2. The van der Waals surface area contributed by atoms with Crippen molar-refractivity contribution in [1.82, 2.24) is 10.4 Å².